The summed E-state index contributed by atoms with van der Waals surface area (Å²) < 4.78 is 10.9. The van der Waals surface area contributed by atoms with E-state index in [0.717, 1.165) is 0 Å². The van der Waals surface area contributed by atoms with Crippen molar-refractivity contribution in [1.29, 1.82) is 0 Å². The summed E-state index contributed by atoms with van der Waals surface area (Å²) >= 11 is 0. The minimum absolute atomic E-state index is 0.0664. The van der Waals surface area contributed by atoms with Gasteiger partial charge in [0.2, 0.25) is 11.4 Å². The molecule has 0 spiro atoms. The minimum Gasteiger partial charge on any atom is -0.467 e. The summed E-state index contributed by atoms with van der Waals surface area (Å²) in [7, 11) is 1.23. The van der Waals surface area contributed by atoms with Crippen LogP contribution in [0.4, 0.5) is 0 Å². The molecule has 7 nitrogen and oxygen atoms in total. The number of rotatable bonds is 4. The van der Waals surface area contributed by atoms with Crippen LogP contribution in [0.3, 0.4) is 0 Å². The Morgan fingerprint density at radius 2 is 2.00 bits per heavy atom. The number of carbonyl (C=O) groups is 2. The van der Waals surface area contributed by atoms with Crippen molar-refractivity contribution >= 4 is 11.9 Å². The number of aliphatic hydroxyl groups excluding tert-OH is 1. The van der Waals surface area contributed by atoms with Crippen LogP contribution in [0, 0.1) is 22.7 Å². The molecule has 2 rings (SSSR count). The minimum atomic E-state index is -1.97. The van der Waals surface area contributed by atoms with E-state index in [1.807, 2.05) is 20.8 Å². The lowest BCUT2D eigenvalue weighted by molar-refractivity contribution is -0.165. The van der Waals surface area contributed by atoms with Crippen LogP contribution < -0.4 is 0 Å². The quantitative estimate of drug-likeness (QED) is 0.430. The molecule has 27 heavy (non-hydrogen) atoms. The van der Waals surface area contributed by atoms with Gasteiger partial charge in [-0.3, -0.25) is 9.69 Å². The van der Waals surface area contributed by atoms with Gasteiger partial charge >= 0.3 is 5.97 Å². The number of aliphatic hydroxyl groups is 2. The van der Waals surface area contributed by atoms with Gasteiger partial charge in [-0.25, -0.2) is 4.79 Å². The molecule has 3 atom stereocenters. The fourth-order valence-corrected chi connectivity index (χ4v) is 3.96. The predicted octanol–water partition coefficient (Wildman–Crippen LogP) is 1.07. The van der Waals surface area contributed by atoms with E-state index in [-0.39, 0.29) is 13.2 Å². The zero-order valence-corrected chi connectivity index (χ0v) is 17.1. The molecular formula is C20H31NO6. The average Bonchev–Trinajstić information content (AvgIpc) is 3.05. The Balaban J connectivity index is 2.60. The highest BCUT2D eigenvalue weighted by Crippen LogP contribution is 2.56. The van der Waals surface area contributed by atoms with Crippen LogP contribution >= 0.6 is 0 Å². The maximum Gasteiger partial charge on any atom is 0.338 e. The van der Waals surface area contributed by atoms with Gasteiger partial charge in [0.15, 0.2) is 5.60 Å². The lowest BCUT2D eigenvalue weighted by Crippen LogP contribution is -2.66. The van der Waals surface area contributed by atoms with Crippen molar-refractivity contribution in [3.8, 4) is 11.8 Å². The van der Waals surface area contributed by atoms with Gasteiger partial charge in [0.1, 0.15) is 6.23 Å². The maximum absolute atomic E-state index is 13.3. The SMILES string of the molecule is COC(=O)[C@]12CO[C@H](C(C)(C)C)N1C(=O)C(C)(C)[C@@]2(O)C#CCCCCO. The van der Waals surface area contributed by atoms with E-state index >= 15 is 0 Å². The molecule has 2 aliphatic heterocycles. The number of carbonyl (C=O) groups excluding carboxylic acids is 2. The second-order valence-corrected chi connectivity index (χ2v) is 8.87. The van der Waals surface area contributed by atoms with Gasteiger partial charge in [0, 0.05) is 18.4 Å². The van der Waals surface area contributed by atoms with E-state index < -0.39 is 40.1 Å². The van der Waals surface area contributed by atoms with Crippen LogP contribution in [0.2, 0.25) is 0 Å². The highest BCUT2D eigenvalue weighted by atomic mass is 16.6. The standard InChI is InChI=1S/C20H31NO6/c1-17(2,3)15-21-14(23)18(4,5)20(25,11-9-7-8-10-12-22)19(21,13-27-15)16(24)26-6/h15,22,25H,7-8,10,12-13H2,1-6H3/t15-,19+,20+/m1/s1. The summed E-state index contributed by atoms with van der Waals surface area (Å²) in [6.45, 7) is 8.80. The molecule has 0 aromatic carbocycles. The summed E-state index contributed by atoms with van der Waals surface area (Å²) in [5.74, 6) is 4.59. The average molecular weight is 381 g/mol. The molecule has 0 aliphatic carbocycles. The van der Waals surface area contributed by atoms with E-state index in [1.165, 1.54) is 12.0 Å². The topological polar surface area (TPSA) is 96.3 Å². The maximum atomic E-state index is 13.3. The second-order valence-electron chi connectivity index (χ2n) is 8.87. The Morgan fingerprint density at radius 3 is 2.52 bits per heavy atom. The number of unbranched alkanes of at least 4 members (excludes halogenated alkanes) is 2. The summed E-state index contributed by atoms with van der Waals surface area (Å²) in [5.41, 5.74) is -5.48. The molecule has 1 amide bonds. The first-order chi connectivity index (χ1) is 12.4. The number of amides is 1. The molecule has 2 heterocycles. The molecule has 2 aliphatic rings. The van der Waals surface area contributed by atoms with Gasteiger partial charge < -0.3 is 19.7 Å². The first-order valence-electron chi connectivity index (χ1n) is 9.29. The van der Waals surface area contributed by atoms with Gasteiger partial charge in [0.05, 0.1) is 19.1 Å². The van der Waals surface area contributed by atoms with E-state index in [0.29, 0.717) is 19.3 Å². The number of ether oxygens (including phenoxy) is 2. The molecule has 0 bridgehead atoms. The van der Waals surface area contributed by atoms with Crippen molar-refractivity contribution in [3.63, 3.8) is 0 Å². The molecule has 152 valence electrons. The summed E-state index contributed by atoms with van der Waals surface area (Å²) in [5, 5.41) is 20.6. The van der Waals surface area contributed by atoms with Crippen molar-refractivity contribution in [1.82, 2.24) is 4.90 Å². The van der Waals surface area contributed by atoms with Gasteiger partial charge in [-0.15, -0.1) is 5.92 Å². The Hall–Kier alpha value is -1.62. The van der Waals surface area contributed by atoms with Crippen LogP contribution in [-0.4, -0.2) is 64.7 Å². The number of fused-ring (bicyclic) bond motifs is 1. The van der Waals surface area contributed by atoms with E-state index in [2.05, 4.69) is 11.8 Å². The second kappa shape index (κ2) is 7.08. The summed E-state index contributed by atoms with van der Waals surface area (Å²) in [6, 6.07) is 0. The van der Waals surface area contributed by atoms with Crippen LogP contribution in [0.25, 0.3) is 0 Å². The highest BCUT2D eigenvalue weighted by molar-refractivity contribution is 6.00. The van der Waals surface area contributed by atoms with E-state index in [9.17, 15) is 14.7 Å². The van der Waals surface area contributed by atoms with Crippen LogP contribution in [0.1, 0.15) is 53.9 Å². The number of methoxy groups -OCH3 is 1. The monoisotopic (exact) mass is 381 g/mol. The normalized spacial score (nSPS) is 32.1. The number of esters is 1. The van der Waals surface area contributed by atoms with Crippen LogP contribution in [0.15, 0.2) is 0 Å². The molecule has 0 radical (unpaired) electrons. The third-order valence-corrected chi connectivity index (χ3v) is 5.60. The fraction of sp³-hybridized carbons (Fsp3) is 0.800. The zero-order chi connectivity index (χ0) is 20.7. The molecule has 0 aromatic heterocycles. The zero-order valence-electron chi connectivity index (χ0n) is 17.1. The van der Waals surface area contributed by atoms with Crippen molar-refractivity contribution in [3.05, 3.63) is 0 Å². The molecule has 2 fully saturated rings. The molecule has 0 aromatic rings. The first-order valence-corrected chi connectivity index (χ1v) is 9.29. The largest absolute Gasteiger partial charge is 0.467 e. The van der Waals surface area contributed by atoms with E-state index in [1.54, 1.807) is 13.8 Å². The highest BCUT2D eigenvalue weighted by Gasteiger charge is 2.80. The lowest BCUT2D eigenvalue weighted by atomic mass is 9.68. The first kappa shape index (κ1) is 21.7. The number of hydrogen-bond acceptors (Lipinski definition) is 6. The van der Waals surface area contributed by atoms with Crippen LogP contribution in [0.5, 0.6) is 0 Å². The Bertz CT molecular complexity index is 670. The van der Waals surface area contributed by atoms with Gasteiger partial charge in [-0.05, 0) is 26.7 Å². The van der Waals surface area contributed by atoms with Crippen LogP contribution in [-0.2, 0) is 19.1 Å². The lowest BCUT2D eigenvalue weighted by Gasteiger charge is -2.40. The summed E-state index contributed by atoms with van der Waals surface area (Å²) in [6.07, 6.45) is 1.00. The third kappa shape index (κ3) is 2.95. The molecule has 0 unspecified atom stereocenters. The van der Waals surface area contributed by atoms with Crippen molar-refractivity contribution in [2.75, 3.05) is 20.3 Å². The molecule has 0 saturated carbocycles. The fourth-order valence-electron chi connectivity index (χ4n) is 3.96. The molecule has 2 saturated heterocycles. The molecular weight excluding hydrogens is 350 g/mol. The van der Waals surface area contributed by atoms with Crippen molar-refractivity contribution < 1.29 is 29.3 Å². The summed E-state index contributed by atoms with van der Waals surface area (Å²) in [4.78, 5) is 27.6. The smallest absolute Gasteiger partial charge is 0.338 e. The Labute approximate surface area is 161 Å². The molecule has 2 N–H and O–H groups in total. The molecule has 7 heteroatoms. The third-order valence-electron chi connectivity index (χ3n) is 5.60. The Morgan fingerprint density at radius 1 is 1.37 bits per heavy atom. The number of hydrogen-bond donors (Lipinski definition) is 2. The van der Waals surface area contributed by atoms with Gasteiger partial charge in [-0.1, -0.05) is 26.7 Å². The number of nitrogens with zero attached hydrogens (tertiary/aromatic N) is 1. The van der Waals surface area contributed by atoms with Gasteiger partial charge in [-0.2, -0.15) is 0 Å². The van der Waals surface area contributed by atoms with Gasteiger partial charge in [0.25, 0.3) is 0 Å². The Kier molecular flexibility index (Phi) is 5.69. The predicted molar refractivity (Wildman–Crippen MR) is 98.2 cm³/mol. The van der Waals surface area contributed by atoms with Crippen molar-refractivity contribution in [2.24, 2.45) is 10.8 Å². The van der Waals surface area contributed by atoms with Crippen molar-refractivity contribution in [2.45, 2.75) is 71.2 Å². The van der Waals surface area contributed by atoms with E-state index in [4.69, 9.17) is 14.6 Å².